The highest BCUT2D eigenvalue weighted by Gasteiger charge is 2.12. The molecule has 0 bridgehead atoms. The van der Waals surface area contributed by atoms with E-state index in [4.69, 9.17) is 32.1 Å². The largest absolute Gasteiger partial charge is 0.398 e. The lowest BCUT2D eigenvalue weighted by Crippen LogP contribution is -2.12. The Kier molecular flexibility index (Phi) is 6.66. The van der Waals surface area contributed by atoms with Crippen molar-refractivity contribution in [3.05, 3.63) is 53.3 Å². The summed E-state index contributed by atoms with van der Waals surface area (Å²) in [5, 5.41) is 21.8. The van der Waals surface area contributed by atoms with Gasteiger partial charge in [0.05, 0.1) is 20.9 Å². The van der Waals surface area contributed by atoms with Gasteiger partial charge >= 0.3 is 0 Å². The van der Waals surface area contributed by atoms with E-state index in [1.54, 1.807) is 6.07 Å². The number of hydrogen-bond acceptors (Lipinski definition) is 7. The molecule has 0 amide bonds. The smallest absolute Gasteiger partial charge is 0.261 e. The van der Waals surface area contributed by atoms with Crippen molar-refractivity contribution in [1.29, 1.82) is 10.5 Å². The Balaban J connectivity index is 0.000000260. The number of sulfonamides is 1. The minimum absolute atomic E-state index is 0.103. The van der Waals surface area contributed by atoms with E-state index in [0.717, 1.165) is 24.3 Å². The summed E-state index contributed by atoms with van der Waals surface area (Å²) in [5.41, 5.74) is 5.37. The van der Waals surface area contributed by atoms with Crippen LogP contribution in [0.4, 0.5) is 10.1 Å². The molecule has 0 radical (unpaired) electrons. The van der Waals surface area contributed by atoms with Crippen molar-refractivity contribution in [2.45, 2.75) is 9.79 Å². The molecule has 2 rings (SSSR count). The first kappa shape index (κ1) is 21.3. The Morgan fingerprint density at radius 3 is 1.88 bits per heavy atom. The van der Waals surface area contributed by atoms with Gasteiger partial charge in [-0.1, -0.05) is 0 Å². The van der Waals surface area contributed by atoms with Crippen molar-refractivity contribution < 1.29 is 21.2 Å². The van der Waals surface area contributed by atoms with Gasteiger partial charge in [0.1, 0.15) is 18.0 Å². The van der Waals surface area contributed by atoms with E-state index in [0.29, 0.717) is 0 Å². The monoisotopic (exact) mass is 416 g/mol. The van der Waals surface area contributed by atoms with Gasteiger partial charge in [-0.3, -0.25) is 0 Å². The molecule has 0 saturated heterocycles. The first-order valence-electron chi connectivity index (χ1n) is 6.37. The Morgan fingerprint density at radius 1 is 0.923 bits per heavy atom. The first-order valence-corrected chi connectivity index (χ1v) is 10.2. The van der Waals surface area contributed by atoms with Crippen LogP contribution >= 0.6 is 10.7 Å². The molecule has 4 N–H and O–H groups in total. The van der Waals surface area contributed by atoms with Gasteiger partial charge in [-0.2, -0.15) is 10.5 Å². The van der Waals surface area contributed by atoms with Crippen molar-refractivity contribution in [3.8, 4) is 12.1 Å². The number of halogens is 2. The molecule has 0 aliphatic heterocycles. The molecule has 26 heavy (non-hydrogen) atoms. The summed E-state index contributed by atoms with van der Waals surface area (Å²) >= 11 is 0. The second-order valence-corrected chi connectivity index (χ2v) is 8.72. The van der Waals surface area contributed by atoms with Crippen LogP contribution in [0.5, 0.6) is 0 Å². The molecule has 136 valence electrons. The zero-order chi connectivity index (χ0) is 20.1. The molecular weight excluding hydrogens is 407 g/mol. The highest BCUT2D eigenvalue weighted by molar-refractivity contribution is 8.13. The third-order valence-electron chi connectivity index (χ3n) is 2.81. The number of nitrogen functional groups attached to an aromatic ring is 1. The van der Waals surface area contributed by atoms with Crippen molar-refractivity contribution in [1.82, 2.24) is 0 Å². The third-order valence-corrected chi connectivity index (χ3v) is 5.08. The third kappa shape index (κ3) is 5.68. The lowest BCUT2D eigenvalue weighted by Gasteiger charge is -2.00. The van der Waals surface area contributed by atoms with Crippen LogP contribution in [0.1, 0.15) is 11.1 Å². The Morgan fingerprint density at radius 2 is 1.42 bits per heavy atom. The Labute approximate surface area is 153 Å². The van der Waals surface area contributed by atoms with Gasteiger partial charge in [0.15, 0.2) is 0 Å². The van der Waals surface area contributed by atoms with E-state index in [-0.39, 0.29) is 26.6 Å². The summed E-state index contributed by atoms with van der Waals surface area (Å²) in [5.74, 6) is -0.772. The first-order chi connectivity index (χ1) is 11.9. The summed E-state index contributed by atoms with van der Waals surface area (Å²) < 4.78 is 55.9. The fourth-order valence-corrected chi connectivity index (χ4v) is 2.87. The van der Waals surface area contributed by atoms with Gasteiger partial charge in [-0.05, 0) is 36.4 Å². The van der Waals surface area contributed by atoms with E-state index in [2.05, 4.69) is 0 Å². The standard InChI is InChI=1S/C7H3ClFNO2S.C7H7N3O2S/c8-13(11,12)6-1-2-7(9)5(3-6)4-10;8-4-5-3-6(13(10,11)12)1-2-7(5)9/h1-3H;1-3H,9H2,(H2,10,11,12). The van der Waals surface area contributed by atoms with Crippen LogP contribution in [-0.4, -0.2) is 16.8 Å². The van der Waals surface area contributed by atoms with E-state index < -0.39 is 24.9 Å². The maximum Gasteiger partial charge on any atom is 0.261 e. The van der Waals surface area contributed by atoms with Crippen LogP contribution in [0, 0.1) is 28.5 Å². The highest BCUT2D eigenvalue weighted by Crippen LogP contribution is 2.18. The van der Waals surface area contributed by atoms with Crippen LogP contribution in [0.25, 0.3) is 0 Å². The normalized spacial score (nSPS) is 10.8. The van der Waals surface area contributed by atoms with Gasteiger partial charge < -0.3 is 5.73 Å². The van der Waals surface area contributed by atoms with Crippen LogP contribution in [0.3, 0.4) is 0 Å². The summed E-state index contributed by atoms with van der Waals surface area (Å²) in [7, 11) is -2.68. The van der Waals surface area contributed by atoms with E-state index in [1.165, 1.54) is 18.2 Å². The molecule has 0 fully saturated rings. The summed E-state index contributed by atoms with van der Waals surface area (Å²) in [6.07, 6.45) is 0. The van der Waals surface area contributed by atoms with E-state index in [1.807, 2.05) is 0 Å². The lowest BCUT2D eigenvalue weighted by molar-refractivity contribution is 0.597. The average Bonchev–Trinajstić information content (AvgIpc) is 2.54. The number of rotatable bonds is 2. The van der Waals surface area contributed by atoms with Gasteiger partial charge in [-0.25, -0.2) is 26.4 Å². The molecule has 0 unspecified atom stereocenters. The zero-order valence-corrected chi connectivity index (χ0v) is 15.1. The molecule has 0 aliphatic rings. The van der Waals surface area contributed by atoms with Crippen LogP contribution in [-0.2, 0) is 19.1 Å². The van der Waals surface area contributed by atoms with Crippen molar-refractivity contribution >= 4 is 35.4 Å². The molecule has 0 heterocycles. The zero-order valence-electron chi connectivity index (χ0n) is 12.7. The number of nitrogens with zero attached hydrogens (tertiary/aromatic N) is 2. The molecule has 2 aromatic rings. The molecule has 0 spiro atoms. The Bertz CT molecular complexity index is 1050. The molecule has 0 aliphatic carbocycles. The number of anilines is 1. The van der Waals surface area contributed by atoms with E-state index >= 15 is 0 Å². The van der Waals surface area contributed by atoms with E-state index in [9.17, 15) is 21.2 Å². The summed E-state index contributed by atoms with van der Waals surface area (Å²) in [6, 6.07) is 9.77. The average molecular weight is 417 g/mol. The van der Waals surface area contributed by atoms with Gasteiger partial charge in [0.25, 0.3) is 9.05 Å². The van der Waals surface area contributed by atoms with Crippen molar-refractivity contribution in [2.75, 3.05) is 5.73 Å². The molecule has 0 saturated carbocycles. The SMILES string of the molecule is N#Cc1cc(S(=O)(=O)Cl)ccc1F.N#Cc1cc(S(N)(=O)=O)ccc1N. The number of hydrogen-bond donors (Lipinski definition) is 2. The maximum absolute atomic E-state index is 12.7. The molecule has 0 aromatic heterocycles. The fourth-order valence-electron chi connectivity index (χ4n) is 1.55. The van der Waals surface area contributed by atoms with Gasteiger partial charge in [0, 0.05) is 16.4 Å². The molecule has 2 aromatic carbocycles. The molecule has 8 nitrogen and oxygen atoms in total. The van der Waals surface area contributed by atoms with Crippen LogP contribution in [0.15, 0.2) is 46.2 Å². The fraction of sp³-hybridized carbons (Fsp3) is 0. The van der Waals surface area contributed by atoms with Crippen LogP contribution in [0.2, 0.25) is 0 Å². The Hall–Kier alpha value is -2.70. The minimum Gasteiger partial charge on any atom is -0.398 e. The highest BCUT2D eigenvalue weighted by atomic mass is 35.7. The van der Waals surface area contributed by atoms with Crippen LogP contribution < -0.4 is 10.9 Å². The topological polar surface area (TPSA) is 168 Å². The number of benzene rings is 2. The second kappa shape index (κ2) is 8.12. The maximum atomic E-state index is 12.7. The molecular formula is C14H10ClFN4O4S2. The van der Waals surface area contributed by atoms with Crippen molar-refractivity contribution in [2.24, 2.45) is 5.14 Å². The number of nitriles is 2. The number of nitrogens with two attached hydrogens (primary N) is 2. The predicted octanol–water partition coefficient (Wildman–Crippen LogP) is 1.41. The van der Waals surface area contributed by atoms with Gasteiger partial charge in [-0.15, -0.1) is 0 Å². The quantitative estimate of drug-likeness (QED) is 0.550. The lowest BCUT2D eigenvalue weighted by atomic mass is 10.2. The molecule has 12 heteroatoms. The molecule has 0 atom stereocenters. The van der Waals surface area contributed by atoms with Gasteiger partial charge in [0.2, 0.25) is 10.0 Å². The summed E-state index contributed by atoms with van der Waals surface area (Å²) in [6.45, 7) is 0. The van der Waals surface area contributed by atoms with Crippen molar-refractivity contribution in [3.63, 3.8) is 0 Å². The predicted molar refractivity (Wildman–Crippen MR) is 91.1 cm³/mol. The second-order valence-electron chi connectivity index (χ2n) is 4.60. The minimum atomic E-state index is -3.90. The number of primary sulfonamides is 1. The summed E-state index contributed by atoms with van der Waals surface area (Å²) in [4.78, 5) is -0.398.